The molecule has 1 aromatic heterocycles. The number of aromatic nitrogens is 1. The van der Waals surface area contributed by atoms with Gasteiger partial charge in [0.2, 0.25) is 0 Å². The molecule has 1 fully saturated rings. The van der Waals surface area contributed by atoms with Gasteiger partial charge in [-0.2, -0.15) is 0 Å². The van der Waals surface area contributed by atoms with Crippen molar-refractivity contribution in [2.45, 2.75) is 51.7 Å². The van der Waals surface area contributed by atoms with E-state index in [0.717, 1.165) is 16.5 Å². The van der Waals surface area contributed by atoms with Crippen molar-refractivity contribution in [3.8, 4) is 0 Å². The third kappa shape index (κ3) is 5.52. The second kappa shape index (κ2) is 10.7. The Bertz CT molecular complexity index is 1290. The van der Waals surface area contributed by atoms with Gasteiger partial charge in [0, 0.05) is 32.4 Å². The van der Waals surface area contributed by atoms with Crippen molar-refractivity contribution < 1.29 is 37.7 Å². The van der Waals surface area contributed by atoms with Crippen molar-refractivity contribution >= 4 is 40.4 Å². The molecule has 0 bridgehead atoms. The van der Waals surface area contributed by atoms with Crippen LogP contribution < -0.4 is 0 Å². The first-order valence-electron chi connectivity index (χ1n) is 11.3. The summed E-state index contributed by atoms with van der Waals surface area (Å²) in [5, 5.41) is 1.25. The van der Waals surface area contributed by atoms with E-state index in [1.807, 2.05) is 12.3 Å². The van der Waals surface area contributed by atoms with Crippen LogP contribution in [0.4, 0.5) is 4.39 Å². The standard InChI is InChI=1S/C26H25ClFNO7/c1-14(30)34-22-13-33-26(25(36-16(3)32)24(22)35-15(2)31)29-12-18(11-17-7-9-19(28)10-8-17)23-20(27)5-4-6-21(23)29/h4-10,12,22,24-26H,11,13H2,1-3H3/t22-,24+,25-,26-/m1/s1. The van der Waals surface area contributed by atoms with E-state index in [2.05, 4.69) is 0 Å². The van der Waals surface area contributed by atoms with Gasteiger partial charge in [0.25, 0.3) is 0 Å². The summed E-state index contributed by atoms with van der Waals surface area (Å²) in [5.41, 5.74) is 2.39. The summed E-state index contributed by atoms with van der Waals surface area (Å²) in [7, 11) is 0. The predicted octanol–water partition coefficient (Wildman–Crippen LogP) is 4.35. The molecular weight excluding hydrogens is 493 g/mol. The van der Waals surface area contributed by atoms with Gasteiger partial charge >= 0.3 is 17.9 Å². The minimum atomic E-state index is -1.13. The first-order chi connectivity index (χ1) is 17.1. The topological polar surface area (TPSA) is 93.1 Å². The molecule has 3 aromatic rings. The summed E-state index contributed by atoms with van der Waals surface area (Å²) in [6.07, 6.45) is -1.87. The summed E-state index contributed by atoms with van der Waals surface area (Å²) >= 11 is 6.58. The van der Waals surface area contributed by atoms with Gasteiger partial charge in [-0.3, -0.25) is 14.4 Å². The van der Waals surface area contributed by atoms with E-state index < -0.39 is 42.4 Å². The molecule has 1 aliphatic rings. The van der Waals surface area contributed by atoms with Gasteiger partial charge in [-0.05, 0) is 41.8 Å². The van der Waals surface area contributed by atoms with Crippen LogP contribution >= 0.6 is 11.6 Å². The van der Waals surface area contributed by atoms with E-state index in [1.54, 1.807) is 28.8 Å². The number of carbonyl (C=O) groups is 3. The molecular formula is C26H25ClFNO7. The van der Waals surface area contributed by atoms with Crippen LogP contribution in [0.15, 0.2) is 48.7 Å². The minimum Gasteiger partial charge on any atom is -0.456 e. The molecule has 0 saturated carbocycles. The highest BCUT2D eigenvalue weighted by molar-refractivity contribution is 6.35. The molecule has 4 rings (SSSR count). The van der Waals surface area contributed by atoms with Crippen LogP contribution in [0.2, 0.25) is 5.02 Å². The van der Waals surface area contributed by atoms with E-state index in [4.69, 9.17) is 30.5 Å². The highest BCUT2D eigenvalue weighted by Crippen LogP contribution is 2.37. The number of carbonyl (C=O) groups excluding carboxylic acids is 3. The average molecular weight is 518 g/mol. The maximum atomic E-state index is 13.4. The van der Waals surface area contributed by atoms with Crippen LogP contribution in [0.25, 0.3) is 10.9 Å². The van der Waals surface area contributed by atoms with Crippen molar-refractivity contribution in [3.05, 3.63) is 70.6 Å². The fourth-order valence-corrected chi connectivity index (χ4v) is 4.77. The molecule has 0 spiro atoms. The van der Waals surface area contributed by atoms with E-state index in [9.17, 15) is 18.8 Å². The maximum absolute atomic E-state index is 13.4. The molecule has 8 nitrogen and oxygen atoms in total. The third-order valence-corrected chi connectivity index (χ3v) is 6.11. The largest absolute Gasteiger partial charge is 0.456 e. The Kier molecular flexibility index (Phi) is 7.61. The van der Waals surface area contributed by atoms with Crippen molar-refractivity contribution in [1.82, 2.24) is 4.57 Å². The highest BCUT2D eigenvalue weighted by Gasteiger charge is 2.48. The van der Waals surface area contributed by atoms with Crippen LogP contribution in [-0.4, -0.2) is 47.4 Å². The molecule has 0 amide bonds. The lowest BCUT2D eigenvalue weighted by atomic mass is 10.0. The fourth-order valence-electron chi connectivity index (χ4n) is 4.48. The number of hydrogen-bond donors (Lipinski definition) is 0. The number of halogens is 2. The average Bonchev–Trinajstić information content (AvgIpc) is 3.16. The molecule has 1 saturated heterocycles. The Morgan fingerprint density at radius 3 is 2.25 bits per heavy atom. The Morgan fingerprint density at radius 1 is 0.972 bits per heavy atom. The molecule has 2 aromatic carbocycles. The van der Waals surface area contributed by atoms with Crippen molar-refractivity contribution in [1.29, 1.82) is 0 Å². The SMILES string of the molecule is CC(=O)O[C@@H]1[C@@H](OC(C)=O)[C@H](OC(C)=O)CO[C@H]1n1cc(Cc2ccc(F)cc2)c2c(Cl)cccc21. The second-order valence-electron chi connectivity index (χ2n) is 8.52. The van der Waals surface area contributed by atoms with Crippen LogP contribution in [0.1, 0.15) is 38.1 Å². The lowest BCUT2D eigenvalue weighted by Crippen LogP contribution is -2.55. The zero-order chi connectivity index (χ0) is 26.0. The molecule has 0 aliphatic carbocycles. The quantitative estimate of drug-likeness (QED) is 0.354. The summed E-state index contributed by atoms with van der Waals surface area (Å²) in [6, 6.07) is 11.5. The normalized spacial score (nSPS) is 21.7. The summed E-state index contributed by atoms with van der Waals surface area (Å²) in [5.74, 6) is -2.19. The van der Waals surface area contributed by atoms with Gasteiger partial charge in [0.05, 0.1) is 17.1 Å². The second-order valence-corrected chi connectivity index (χ2v) is 8.93. The fraction of sp³-hybridized carbons (Fsp3) is 0.346. The lowest BCUT2D eigenvalue weighted by molar-refractivity contribution is -0.239. The van der Waals surface area contributed by atoms with Crippen LogP contribution in [-0.2, 0) is 39.8 Å². The summed E-state index contributed by atoms with van der Waals surface area (Å²) < 4.78 is 37.6. The third-order valence-electron chi connectivity index (χ3n) is 5.79. The van der Waals surface area contributed by atoms with Crippen LogP contribution in [0, 0.1) is 5.82 Å². The Balaban J connectivity index is 1.80. The van der Waals surface area contributed by atoms with Gasteiger partial charge in [-0.15, -0.1) is 0 Å². The molecule has 0 N–H and O–H groups in total. The number of esters is 3. The Labute approximate surface area is 211 Å². The maximum Gasteiger partial charge on any atom is 0.303 e. The van der Waals surface area contributed by atoms with Crippen LogP contribution in [0.3, 0.4) is 0 Å². The van der Waals surface area contributed by atoms with Gasteiger partial charge in [0.15, 0.2) is 24.5 Å². The molecule has 190 valence electrons. The van der Waals surface area contributed by atoms with E-state index in [0.29, 0.717) is 17.0 Å². The first kappa shape index (κ1) is 25.7. The van der Waals surface area contributed by atoms with E-state index in [-0.39, 0.29) is 12.4 Å². The highest BCUT2D eigenvalue weighted by atomic mass is 35.5. The lowest BCUT2D eigenvalue weighted by Gasteiger charge is -2.41. The van der Waals surface area contributed by atoms with E-state index >= 15 is 0 Å². The number of hydrogen-bond acceptors (Lipinski definition) is 7. The van der Waals surface area contributed by atoms with Crippen molar-refractivity contribution in [3.63, 3.8) is 0 Å². The molecule has 4 atom stereocenters. The molecule has 36 heavy (non-hydrogen) atoms. The van der Waals surface area contributed by atoms with Gasteiger partial charge in [-0.25, -0.2) is 4.39 Å². The molecule has 2 heterocycles. The number of fused-ring (bicyclic) bond motifs is 1. The number of ether oxygens (including phenoxy) is 4. The number of rotatable bonds is 6. The Morgan fingerprint density at radius 2 is 1.61 bits per heavy atom. The minimum absolute atomic E-state index is 0.104. The molecule has 0 radical (unpaired) electrons. The van der Waals surface area contributed by atoms with Gasteiger partial charge in [-0.1, -0.05) is 29.8 Å². The summed E-state index contributed by atoms with van der Waals surface area (Å²) in [4.78, 5) is 35.6. The predicted molar refractivity (Wildman–Crippen MR) is 128 cm³/mol. The van der Waals surface area contributed by atoms with Gasteiger partial charge < -0.3 is 23.5 Å². The van der Waals surface area contributed by atoms with Crippen LogP contribution in [0.5, 0.6) is 0 Å². The number of nitrogens with zero attached hydrogens (tertiary/aromatic N) is 1. The number of benzene rings is 2. The zero-order valence-electron chi connectivity index (χ0n) is 19.9. The first-order valence-corrected chi connectivity index (χ1v) is 11.7. The zero-order valence-corrected chi connectivity index (χ0v) is 20.7. The van der Waals surface area contributed by atoms with Crippen molar-refractivity contribution in [2.24, 2.45) is 0 Å². The molecule has 10 heteroatoms. The molecule has 1 aliphatic heterocycles. The Hall–Kier alpha value is -3.43. The smallest absolute Gasteiger partial charge is 0.303 e. The van der Waals surface area contributed by atoms with Gasteiger partial charge in [0.1, 0.15) is 5.82 Å². The van der Waals surface area contributed by atoms with E-state index in [1.165, 1.54) is 32.9 Å². The van der Waals surface area contributed by atoms with Crippen molar-refractivity contribution in [2.75, 3.05) is 6.61 Å². The summed E-state index contributed by atoms with van der Waals surface area (Å²) in [6.45, 7) is 3.56. The molecule has 0 unspecified atom stereocenters. The monoisotopic (exact) mass is 517 g/mol.